The maximum Gasteiger partial charge on any atom is 0.343 e. The van der Waals surface area contributed by atoms with Gasteiger partial charge in [-0.1, -0.05) is 6.07 Å². The van der Waals surface area contributed by atoms with Crippen LogP contribution in [-0.4, -0.2) is 30.2 Å². The van der Waals surface area contributed by atoms with Crippen molar-refractivity contribution >= 4 is 22.8 Å². The summed E-state index contributed by atoms with van der Waals surface area (Å²) in [5.41, 5.74) is 9.61. The molecular weight excluding hydrogens is 348 g/mol. The molecular formula is C20H20N2O5. The largest absolute Gasteiger partial charge is 0.481 e. The average Bonchev–Trinajstić information content (AvgIpc) is 3.38. The normalized spacial score (nSPS) is 15.7. The average molecular weight is 368 g/mol. The first kappa shape index (κ1) is 17.2. The molecule has 3 aromatic rings. The highest BCUT2D eigenvalue weighted by atomic mass is 16.6. The highest BCUT2D eigenvalue weighted by Crippen LogP contribution is 2.44. The number of primary amides is 1. The molecule has 7 heteroatoms. The first-order valence-electron chi connectivity index (χ1n) is 8.74. The van der Waals surface area contributed by atoms with Crippen LogP contribution in [0.5, 0.6) is 5.75 Å². The van der Waals surface area contributed by atoms with Gasteiger partial charge in [-0.25, -0.2) is 4.79 Å². The van der Waals surface area contributed by atoms with Crippen LogP contribution in [0, 0.1) is 0 Å². The number of amides is 1. The van der Waals surface area contributed by atoms with Crippen molar-refractivity contribution in [3.63, 3.8) is 0 Å². The number of carbonyl (C=O) groups excluding carboxylic acids is 2. The molecule has 1 atom stereocenters. The molecule has 2 N–H and O–H groups in total. The van der Waals surface area contributed by atoms with Crippen LogP contribution in [-0.2, 0) is 27.3 Å². The van der Waals surface area contributed by atoms with Crippen molar-refractivity contribution in [3.05, 3.63) is 53.6 Å². The highest BCUT2D eigenvalue weighted by molar-refractivity contribution is 5.97. The number of esters is 1. The SMILES string of the molecule is COC(=O)COc1cccc2c1c1c(n2Cc2ccoc2)CCC1C(N)=O. The molecule has 2 aromatic heterocycles. The number of nitrogens with two attached hydrogens (primary N) is 1. The molecule has 7 nitrogen and oxygen atoms in total. The Morgan fingerprint density at radius 3 is 2.89 bits per heavy atom. The van der Waals surface area contributed by atoms with E-state index in [2.05, 4.69) is 9.30 Å². The second-order valence-electron chi connectivity index (χ2n) is 6.59. The van der Waals surface area contributed by atoms with Crippen molar-refractivity contribution in [2.24, 2.45) is 5.73 Å². The molecule has 0 bridgehead atoms. The minimum atomic E-state index is -0.465. The Bertz CT molecular complexity index is 1000. The number of nitrogens with zero attached hydrogens (tertiary/aromatic N) is 1. The molecule has 1 aliphatic carbocycles. The zero-order chi connectivity index (χ0) is 19.0. The van der Waals surface area contributed by atoms with Gasteiger partial charge >= 0.3 is 5.97 Å². The van der Waals surface area contributed by atoms with Crippen molar-refractivity contribution in [1.29, 1.82) is 0 Å². The molecule has 0 aliphatic heterocycles. The van der Waals surface area contributed by atoms with E-state index in [9.17, 15) is 9.59 Å². The summed E-state index contributed by atoms with van der Waals surface area (Å²) in [6.07, 6.45) is 4.77. The van der Waals surface area contributed by atoms with Gasteiger partial charge in [0, 0.05) is 16.6 Å². The van der Waals surface area contributed by atoms with Gasteiger partial charge in [-0.2, -0.15) is 0 Å². The number of rotatable bonds is 6. The van der Waals surface area contributed by atoms with Crippen LogP contribution >= 0.6 is 0 Å². The van der Waals surface area contributed by atoms with Gasteiger partial charge in [-0.15, -0.1) is 0 Å². The number of hydrogen-bond acceptors (Lipinski definition) is 5. The van der Waals surface area contributed by atoms with Gasteiger partial charge in [0.15, 0.2) is 6.61 Å². The van der Waals surface area contributed by atoms with E-state index in [0.717, 1.165) is 34.1 Å². The number of methoxy groups -OCH3 is 1. The maximum atomic E-state index is 12.0. The zero-order valence-electron chi connectivity index (χ0n) is 14.9. The van der Waals surface area contributed by atoms with Gasteiger partial charge in [0.05, 0.1) is 37.6 Å². The Hall–Kier alpha value is -3.22. The van der Waals surface area contributed by atoms with Crippen molar-refractivity contribution in [1.82, 2.24) is 4.57 Å². The van der Waals surface area contributed by atoms with E-state index in [1.54, 1.807) is 18.6 Å². The van der Waals surface area contributed by atoms with Crippen LogP contribution in [0.4, 0.5) is 0 Å². The van der Waals surface area contributed by atoms with Crippen LogP contribution in [0.15, 0.2) is 41.2 Å². The van der Waals surface area contributed by atoms with Crippen molar-refractivity contribution in [3.8, 4) is 5.75 Å². The van der Waals surface area contributed by atoms with Crippen molar-refractivity contribution in [2.45, 2.75) is 25.3 Å². The van der Waals surface area contributed by atoms with E-state index >= 15 is 0 Å². The van der Waals surface area contributed by atoms with Crippen molar-refractivity contribution in [2.75, 3.05) is 13.7 Å². The minimum Gasteiger partial charge on any atom is -0.481 e. The highest BCUT2D eigenvalue weighted by Gasteiger charge is 2.34. The Balaban J connectivity index is 1.86. The van der Waals surface area contributed by atoms with E-state index in [-0.39, 0.29) is 18.4 Å². The fourth-order valence-corrected chi connectivity index (χ4v) is 3.87. The number of carbonyl (C=O) groups is 2. The van der Waals surface area contributed by atoms with E-state index in [0.29, 0.717) is 18.7 Å². The monoisotopic (exact) mass is 368 g/mol. The lowest BCUT2D eigenvalue weighted by atomic mass is 9.99. The summed E-state index contributed by atoms with van der Waals surface area (Å²) in [5.74, 6) is -0.629. The molecule has 0 radical (unpaired) electrons. The van der Waals surface area contributed by atoms with Gasteiger partial charge < -0.3 is 24.2 Å². The molecule has 4 rings (SSSR count). The standard InChI is InChI=1S/C20H20N2O5/c1-25-17(23)11-27-16-4-2-3-14-19(16)18-13(20(21)24)5-6-15(18)22(14)9-12-7-8-26-10-12/h2-4,7-8,10,13H,5-6,9,11H2,1H3,(H2,21,24). The molecule has 0 spiro atoms. The van der Waals surface area contributed by atoms with E-state index in [4.69, 9.17) is 14.9 Å². The predicted molar refractivity (Wildman–Crippen MR) is 97.5 cm³/mol. The topological polar surface area (TPSA) is 96.7 Å². The van der Waals surface area contributed by atoms with Gasteiger partial charge in [0.25, 0.3) is 0 Å². The quantitative estimate of drug-likeness (QED) is 0.674. The Morgan fingerprint density at radius 2 is 2.19 bits per heavy atom. The lowest BCUT2D eigenvalue weighted by Gasteiger charge is -2.11. The second kappa shape index (κ2) is 6.83. The molecule has 1 aromatic carbocycles. The third-order valence-electron chi connectivity index (χ3n) is 5.06. The summed E-state index contributed by atoms with van der Waals surface area (Å²) in [4.78, 5) is 23.5. The van der Waals surface area contributed by atoms with Gasteiger partial charge in [-0.05, 0) is 36.6 Å². The van der Waals surface area contributed by atoms with Gasteiger partial charge in [0.2, 0.25) is 5.91 Å². The summed E-state index contributed by atoms with van der Waals surface area (Å²) < 4.78 is 17.7. The number of fused-ring (bicyclic) bond motifs is 3. The molecule has 1 unspecified atom stereocenters. The summed E-state index contributed by atoms with van der Waals surface area (Å²) >= 11 is 0. The maximum absolute atomic E-state index is 12.0. The number of hydrogen-bond donors (Lipinski definition) is 1. The molecule has 1 aliphatic rings. The number of furan rings is 1. The van der Waals surface area contributed by atoms with Crippen LogP contribution in [0.1, 0.15) is 29.2 Å². The third-order valence-corrected chi connectivity index (χ3v) is 5.06. The first-order chi connectivity index (χ1) is 13.1. The zero-order valence-corrected chi connectivity index (χ0v) is 14.9. The summed E-state index contributed by atoms with van der Waals surface area (Å²) in [7, 11) is 1.31. The molecule has 2 heterocycles. The van der Waals surface area contributed by atoms with Gasteiger partial charge in [0.1, 0.15) is 5.75 Å². The van der Waals surface area contributed by atoms with Crippen LogP contribution < -0.4 is 10.5 Å². The molecule has 0 saturated carbocycles. The van der Waals surface area contributed by atoms with E-state index in [1.165, 1.54) is 7.11 Å². The van der Waals surface area contributed by atoms with Gasteiger partial charge in [-0.3, -0.25) is 4.79 Å². The number of benzene rings is 1. The van der Waals surface area contributed by atoms with Crippen LogP contribution in [0.3, 0.4) is 0 Å². The van der Waals surface area contributed by atoms with Crippen molar-refractivity contribution < 1.29 is 23.5 Å². The lowest BCUT2D eigenvalue weighted by molar-refractivity contribution is -0.142. The third kappa shape index (κ3) is 2.95. The molecule has 140 valence electrons. The molecule has 27 heavy (non-hydrogen) atoms. The summed E-state index contributed by atoms with van der Waals surface area (Å²) in [6, 6.07) is 7.56. The fourth-order valence-electron chi connectivity index (χ4n) is 3.87. The lowest BCUT2D eigenvalue weighted by Crippen LogP contribution is -2.19. The number of aromatic nitrogens is 1. The Morgan fingerprint density at radius 1 is 1.33 bits per heavy atom. The Kier molecular flexibility index (Phi) is 4.35. The summed E-state index contributed by atoms with van der Waals surface area (Å²) in [5, 5.41) is 0.834. The second-order valence-corrected chi connectivity index (χ2v) is 6.59. The minimum absolute atomic E-state index is 0.196. The van der Waals surface area contributed by atoms with E-state index in [1.807, 2.05) is 18.2 Å². The smallest absolute Gasteiger partial charge is 0.343 e. The molecule has 0 saturated heterocycles. The number of ether oxygens (including phenoxy) is 2. The van der Waals surface area contributed by atoms with E-state index < -0.39 is 5.97 Å². The fraction of sp³-hybridized carbons (Fsp3) is 0.300. The molecule has 0 fully saturated rings. The van der Waals surface area contributed by atoms with Crippen LogP contribution in [0.2, 0.25) is 0 Å². The van der Waals surface area contributed by atoms with Crippen LogP contribution in [0.25, 0.3) is 10.9 Å². The molecule has 1 amide bonds. The summed E-state index contributed by atoms with van der Waals surface area (Å²) in [6.45, 7) is 0.423. The Labute approximate surface area is 155 Å². The first-order valence-corrected chi connectivity index (χ1v) is 8.74. The predicted octanol–water partition coefficient (Wildman–Crippen LogP) is 2.35.